The normalized spacial score (nSPS) is 15.3. The summed E-state index contributed by atoms with van der Waals surface area (Å²) in [4.78, 5) is 25.3. The lowest BCUT2D eigenvalue weighted by Gasteiger charge is -2.21. The van der Waals surface area contributed by atoms with Crippen molar-refractivity contribution < 1.29 is 9.59 Å². The fourth-order valence-corrected chi connectivity index (χ4v) is 2.18. The average Bonchev–Trinajstić information content (AvgIpc) is 2.73. The molecule has 1 aromatic carbocycles. The fraction of sp³-hybridized carbons (Fsp3) is 0.467. The van der Waals surface area contributed by atoms with Gasteiger partial charge in [-0.05, 0) is 45.4 Å². The third-order valence-electron chi connectivity index (χ3n) is 2.98. The van der Waals surface area contributed by atoms with Gasteiger partial charge in [-0.1, -0.05) is 6.07 Å². The van der Waals surface area contributed by atoms with Crippen LogP contribution in [0.4, 0.5) is 16.2 Å². The molecule has 1 heterocycles. The highest BCUT2D eigenvalue weighted by Crippen LogP contribution is 2.24. The summed E-state index contributed by atoms with van der Waals surface area (Å²) in [6, 6.07) is 7.11. The zero-order chi connectivity index (χ0) is 14.8. The lowest BCUT2D eigenvalue weighted by molar-refractivity contribution is -0.117. The predicted octanol–water partition coefficient (Wildman–Crippen LogP) is 2.73. The minimum absolute atomic E-state index is 0.140. The summed E-state index contributed by atoms with van der Waals surface area (Å²) in [7, 11) is 0. The van der Waals surface area contributed by atoms with Gasteiger partial charge in [0.2, 0.25) is 5.91 Å². The summed E-state index contributed by atoms with van der Waals surface area (Å²) in [5, 5.41) is 5.62. The first-order chi connectivity index (χ1) is 9.35. The molecular formula is C15H21N3O2. The van der Waals surface area contributed by atoms with Crippen molar-refractivity contribution in [3.63, 3.8) is 0 Å². The van der Waals surface area contributed by atoms with Gasteiger partial charge in [0.05, 0.1) is 0 Å². The molecule has 0 atom stereocenters. The van der Waals surface area contributed by atoms with Crippen LogP contribution in [-0.4, -0.2) is 24.0 Å². The van der Waals surface area contributed by atoms with Gasteiger partial charge in [-0.15, -0.1) is 0 Å². The highest BCUT2D eigenvalue weighted by molar-refractivity contribution is 5.96. The molecule has 20 heavy (non-hydrogen) atoms. The van der Waals surface area contributed by atoms with Crippen LogP contribution >= 0.6 is 0 Å². The smallest absolute Gasteiger partial charge is 0.319 e. The Balaban J connectivity index is 2.06. The van der Waals surface area contributed by atoms with Crippen molar-refractivity contribution in [1.82, 2.24) is 5.32 Å². The molecule has 0 aromatic heterocycles. The molecule has 1 saturated heterocycles. The van der Waals surface area contributed by atoms with Gasteiger partial charge < -0.3 is 15.5 Å². The summed E-state index contributed by atoms with van der Waals surface area (Å²) < 4.78 is 0. The Morgan fingerprint density at radius 3 is 2.65 bits per heavy atom. The molecule has 5 nitrogen and oxygen atoms in total. The van der Waals surface area contributed by atoms with Gasteiger partial charge in [-0.3, -0.25) is 4.79 Å². The first-order valence-corrected chi connectivity index (χ1v) is 6.85. The Bertz CT molecular complexity index is 520. The molecule has 2 N–H and O–H groups in total. The van der Waals surface area contributed by atoms with E-state index in [1.807, 2.05) is 45.0 Å². The third-order valence-corrected chi connectivity index (χ3v) is 2.98. The SMILES string of the molecule is CC(C)(C)NC(=O)Nc1cccc(N2CCCC2=O)c1. The predicted molar refractivity (Wildman–Crippen MR) is 79.9 cm³/mol. The number of benzene rings is 1. The van der Waals surface area contributed by atoms with Crippen molar-refractivity contribution in [2.24, 2.45) is 0 Å². The number of anilines is 2. The van der Waals surface area contributed by atoms with E-state index in [-0.39, 0.29) is 17.5 Å². The minimum atomic E-state index is -0.285. The Morgan fingerprint density at radius 1 is 1.30 bits per heavy atom. The molecule has 108 valence electrons. The molecule has 0 unspecified atom stereocenters. The fourth-order valence-electron chi connectivity index (χ4n) is 2.18. The van der Waals surface area contributed by atoms with E-state index in [4.69, 9.17) is 0 Å². The topological polar surface area (TPSA) is 61.4 Å². The zero-order valence-corrected chi connectivity index (χ0v) is 12.2. The lowest BCUT2D eigenvalue weighted by atomic mass is 10.1. The van der Waals surface area contributed by atoms with E-state index in [0.717, 1.165) is 18.7 Å². The summed E-state index contributed by atoms with van der Waals surface area (Å²) in [6.45, 7) is 6.51. The van der Waals surface area contributed by atoms with Gasteiger partial charge >= 0.3 is 6.03 Å². The standard InChI is InChI=1S/C15H21N3O2/c1-15(2,3)17-14(20)16-11-6-4-7-12(10-11)18-9-5-8-13(18)19/h4,6-7,10H,5,8-9H2,1-3H3,(H2,16,17,20). The van der Waals surface area contributed by atoms with Gasteiger partial charge in [-0.2, -0.15) is 0 Å². The van der Waals surface area contributed by atoms with Crippen LogP contribution in [0.2, 0.25) is 0 Å². The maximum atomic E-state index is 11.8. The summed E-state index contributed by atoms with van der Waals surface area (Å²) in [5.74, 6) is 0.140. The molecule has 1 aliphatic heterocycles. The van der Waals surface area contributed by atoms with Crippen LogP contribution in [0.25, 0.3) is 0 Å². The van der Waals surface area contributed by atoms with E-state index in [9.17, 15) is 9.59 Å². The van der Waals surface area contributed by atoms with E-state index < -0.39 is 0 Å². The number of hydrogen-bond acceptors (Lipinski definition) is 2. The average molecular weight is 275 g/mol. The Kier molecular flexibility index (Phi) is 3.97. The van der Waals surface area contributed by atoms with Crippen LogP contribution in [0.1, 0.15) is 33.6 Å². The zero-order valence-electron chi connectivity index (χ0n) is 12.2. The third kappa shape index (κ3) is 3.73. The summed E-state index contributed by atoms with van der Waals surface area (Å²) in [6.07, 6.45) is 1.49. The minimum Gasteiger partial charge on any atom is -0.333 e. The van der Waals surface area contributed by atoms with Crippen molar-refractivity contribution >= 4 is 23.3 Å². The van der Waals surface area contributed by atoms with Crippen LogP contribution in [-0.2, 0) is 4.79 Å². The number of hydrogen-bond donors (Lipinski definition) is 2. The lowest BCUT2D eigenvalue weighted by Crippen LogP contribution is -2.43. The number of urea groups is 1. The molecule has 1 aromatic rings. The number of carbonyl (C=O) groups is 2. The number of rotatable bonds is 2. The molecule has 1 aliphatic rings. The van der Waals surface area contributed by atoms with E-state index >= 15 is 0 Å². The quantitative estimate of drug-likeness (QED) is 0.871. The van der Waals surface area contributed by atoms with Crippen molar-refractivity contribution in [1.29, 1.82) is 0 Å². The maximum absolute atomic E-state index is 11.8. The summed E-state index contributed by atoms with van der Waals surface area (Å²) >= 11 is 0. The molecular weight excluding hydrogens is 254 g/mol. The Hall–Kier alpha value is -2.04. The van der Waals surface area contributed by atoms with E-state index in [1.165, 1.54) is 0 Å². The van der Waals surface area contributed by atoms with Crippen LogP contribution in [0.5, 0.6) is 0 Å². The van der Waals surface area contributed by atoms with Crippen molar-refractivity contribution in [2.75, 3.05) is 16.8 Å². The van der Waals surface area contributed by atoms with Crippen LogP contribution in [0.3, 0.4) is 0 Å². The van der Waals surface area contributed by atoms with Crippen molar-refractivity contribution in [3.05, 3.63) is 24.3 Å². The molecule has 1 fully saturated rings. The van der Waals surface area contributed by atoms with Crippen LogP contribution in [0.15, 0.2) is 24.3 Å². The van der Waals surface area contributed by atoms with E-state index in [0.29, 0.717) is 12.1 Å². The molecule has 0 spiro atoms. The Labute approximate surface area is 119 Å². The van der Waals surface area contributed by atoms with E-state index in [2.05, 4.69) is 10.6 Å². The molecule has 0 saturated carbocycles. The molecule has 0 bridgehead atoms. The Morgan fingerprint density at radius 2 is 2.05 bits per heavy atom. The summed E-state index contributed by atoms with van der Waals surface area (Å²) in [5.41, 5.74) is 1.23. The molecule has 2 rings (SSSR count). The van der Waals surface area contributed by atoms with Gasteiger partial charge in [0, 0.05) is 29.9 Å². The molecule has 0 aliphatic carbocycles. The number of nitrogens with zero attached hydrogens (tertiary/aromatic N) is 1. The molecule has 3 amide bonds. The number of carbonyl (C=O) groups excluding carboxylic acids is 2. The first kappa shape index (κ1) is 14.4. The second-order valence-corrected chi connectivity index (χ2v) is 6.03. The number of amides is 3. The molecule has 0 radical (unpaired) electrons. The highest BCUT2D eigenvalue weighted by Gasteiger charge is 2.22. The second kappa shape index (κ2) is 5.53. The maximum Gasteiger partial charge on any atom is 0.319 e. The highest BCUT2D eigenvalue weighted by atomic mass is 16.2. The van der Waals surface area contributed by atoms with E-state index in [1.54, 1.807) is 4.90 Å². The van der Waals surface area contributed by atoms with Crippen LogP contribution in [0, 0.1) is 0 Å². The van der Waals surface area contributed by atoms with Gasteiger partial charge in [0.15, 0.2) is 0 Å². The van der Waals surface area contributed by atoms with Crippen molar-refractivity contribution in [3.8, 4) is 0 Å². The van der Waals surface area contributed by atoms with Crippen LogP contribution < -0.4 is 15.5 Å². The number of nitrogens with one attached hydrogen (secondary N) is 2. The second-order valence-electron chi connectivity index (χ2n) is 6.03. The van der Waals surface area contributed by atoms with Crippen molar-refractivity contribution in [2.45, 2.75) is 39.2 Å². The first-order valence-electron chi connectivity index (χ1n) is 6.85. The monoisotopic (exact) mass is 275 g/mol. The largest absolute Gasteiger partial charge is 0.333 e. The van der Waals surface area contributed by atoms with Gasteiger partial charge in [-0.25, -0.2) is 4.79 Å². The van der Waals surface area contributed by atoms with Gasteiger partial charge in [0.1, 0.15) is 0 Å². The molecule has 5 heteroatoms. The van der Waals surface area contributed by atoms with Gasteiger partial charge in [0.25, 0.3) is 0 Å².